The van der Waals surface area contributed by atoms with Gasteiger partial charge >= 0.3 is 327 Å². The molecule has 0 aliphatic rings. The van der Waals surface area contributed by atoms with E-state index in [1.165, 1.54) is 26.4 Å². The molecule has 0 radical (unpaired) electrons. The van der Waals surface area contributed by atoms with Crippen LogP contribution < -0.4 is 26.4 Å². The Morgan fingerprint density at radius 2 is 0.365 bits per heavy atom. The monoisotopic (exact) mass is 932 g/mol. The summed E-state index contributed by atoms with van der Waals surface area (Å²) in [4.78, 5) is 0. The second-order valence-electron chi connectivity index (χ2n) is 14.4. The van der Waals surface area contributed by atoms with Gasteiger partial charge in [-0.15, -0.1) is 0 Å². The molecule has 0 aliphatic heterocycles. The van der Waals surface area contributed by atoms with Crippen LogP contribution in [0.3, 0.4) is 0 Å². The van der Waals surface area contributed by atoms with E-state index in [9.17, 15) is 0 Å². The van der Waals surface area contributed by atoms with E-state index in [0.29, 0.717) is 0 Å². The Hall–Kier alpha value is -2.51. The zero-order valence-electron chi connectivity index (χ0n) is 32.6. The van der Waals surface area contributed by atoms with E-state index in [-0.39, 0.29) is 0 Å². The molecule has 52 heavy (non-hydrogen) atoms. The average molecular weight is 927 g/mol. The SMILES string of the molecule is C[CH2][Ge]([CH2]C)([CH2]C)[Ge]([CH2]C)([CH2]C)[CH2]C.c1cc[c]([Ge]([c]2ccccc2)([c]2ccccc2)[Ge]([c]2ccccc2)([c]2ccccc2)[c]2ccccc2)cc1. The number of hydrogen-bond acceptors (Lipinski definition) is 0. The molecule has 0 aromatic heterocycles. The van der Waals surface area contributed by atoms with Gasteiger partial charge in [-0.25, -0.2) is 0 Å². The number of rotatable bonds is 14. The summed E-state index contributed by atoms with van der Waals surface area (Å²) in [5.74, 6) is 0. The molecule has 6 aromatic rings. The summed E-state index contributed by atoms with van der Waals surface area (Å²) in [5.41, 5.74) is 0. The maximum atomic E-state index is 2.51. The fourth-order valence-corrected chi connectivity index (χ4v) is 133. The molecule has 6 rings (SSSR count). The molecule has 0 bridgehead atoms. The van der Waals surface area contributed by atoms with E-state index in [0.717, 1.165) is 0 Å². The molecule has 0 aliphatic carbocycles. The number of benzene rings is 6. The Balaban J connectivity index is 0.000000319. The standard InChI is InChI=1S/C36H30Ge2.C12H30Ge2/c1-7-19-31(20-8-1)37(32-21-9-2-10-22-32,33-23-11-3-12-24-33)38(34-25-13-4-14-26-34,35-27-15-5-16-28-35)36-29-17-6-18-30-36;1-7-13(8-2,9-3)14(10-4,11-5)12-6/h1-30H;7-12H2,1-6H3. The van der Waals surface area contributed by atoms with Crippen molar-refractivity contribution in [2.24, 2.45) is 0 Å². The molecule has 268 valence electrons. The second-order valence-corrected chi connectivity index (χ2v) is 87.1. The fraction of sp³-hybridized carbons (Fsp3) is 0.250. The minimum atomic E-state index is -3.55. The molecular weight excluding hydrogens is 867 g/mol. The molecule has 0 heterocycles. The molecule has 0 saturated carbocycles. The summed E-state index contributed by atoms with van der Waals surface area (Å²) < 4.78 is 9.09. The first-order valence-electron chi connectivity index (χ1n) is 19.8. The van der Waals surface area contributed by atoms with Crippen LogP contribution in [0.4, 0.5) is 0 Å². The third-order valence-electron chi connectivity index (χ3n) is 13.0. The quantitative estimate of drug-likeness (QED) is 0.0957. The fourth-order valence-electron chi connectivity index (χ4n) is 10.2. The molecule has 0 saturated heterocycles. The molecule has 0 spiro atoms. The van der Waals surface area contributed by atoms with Gasteiger partial charge < -0.3 is 0 Å². The molecule has 4 heteroatoms. The van der Waals surface area contributed by atoms with Gasteiger partial charge in [-0.05, 0) is 0 Å². The van der Waals surface area contributed by atoms with Crippen LogP contribution in [0.15, 0.2) is 182 Å². The van der Waals surface area contributed by atoms with Crippen molar-refractivity contribution in [3.8, 4) is 0 Å². The van der Waals surface area contributed by atoms with Gasteiger partial charge in [0.05, 0.1) is 0 Å². The van der Waals surface area contributed by atoms with Crippen LogP contribution in [0.5, 0.6) is 0 Å². The zero-order valence-corrected chi connectivity index (χ0v) is 41.0. The summed E-state index contributed by atoms with van der Waals surface area (Å²) in [5, 5.41) is 9.68. The van der Waals surface area contributed by atoms with E-state index in [2.05, 4.69) is 224 Å². The summed E-state index contributed by atoms with van der Waals surface area (Å²) in [6.07, 6.45) is 0. The van der Waals surface area contributed by atoms with E-state index >= 15 is 0 Å². The van der Waals surface area contributed by atoms with Gasteiger partial charge in [0, 0.05) is 0 Å². The van der Waals surface area contributed by atoms with E-state index in [1.54, 1.807) is 31.5 Å². The summed E-state index contributed by atoms with van der Waals surface area (Å²) in [7, 11) is 0. The van der Waals surface area contributed by atoms with Crippen molar-refractivity contribution in [1.82, 2.24) is 0 Å². The Morgan fingerprint density at radius 1 is 0.231 bits per heavy atom. The molecular formula is C48H60Ge4. The van der Waals surface area contributed by atoms with E-state index in [1.807, 2.05) is 0 Å². The van der Waals surface area contributed by atoms with Crippen LogP contribution in [0.25, 0.3) is 0 Å². The van der Waals surface area contributed by atoms with Crippen molar-refractivity contribution in [3.05, 3.63) is 182 Å². The maximum absolute atomic E-state index is 3.55. The van der Waals surface area contributed by atoms with Crippen molar-refractivity contribution in [3.63, 3.8) is 0 Å². The Kier molecular flexibility index (Phi) is 15.0. The van der Waals surface area contributed by atoms with Gasteiger partial charge in [-0.3, -0.25) is 0 Å². The van der Waals surface area contributed by atoms with Crippen molar-refractivity contribution in [2.75, 3.05) is 0 Å². The second kappa shape index (κ2) is 19.2. The Bertz CT molecular complexity index is 1520. The molecule has 0 atom stereocenters. The van der Waals surface area contributed by atoms with Crippen LogP contribution in [0.2, 0.25) is 31.5 Å². The zero-order chi connectivity index (χ0) is 36.9. The van der Waals surface area contributed by atoms with Crippen LogP contribution in [0.1, 0.15) is 41.5 Å². The van der Waals surface area contributed by atoms with E-state index in [4.69, 9.17) is 0 Å². The van der Waals surface area contributed by atoms with Gasteiger partial charge in [0.25, 0.3) is 0 Å². The van der Waals surface area contributed by atoms with Crippen molar-refractivity contribution in [2.45, 2.75) is 73.1 Å². The topological polar surface area (TPSA) is 0 Å². The average Bonchev–Trinajstić information content (AvgIpc) is 3.24. The molecule has 0 amide bonds. The predicted molar refractivity (Wildman–Crippen MR) is 242 cm³/mol. The van der Waals surface area contributed by atoms with Crippen LogP contribution >= 0.6 is 0 Å². The molecule has 0 unspecified atom stereocenters. The van der Waals surface area contributed by atoms with Crippen molar-refractivity contribution >= 4 is 71.6 Å². The Morgan fingerprint density at radius 3 is 0.481 bits per heavy atom. The first kappa shape index (κ1) is 40.7. The van der Waals surface area contributed by atoms with Crippen LogP contribution in [-0.4, -0.2) is 45.2 Å². The molecule has 0 fully saturated rings. The van der Waals surface area contributed by atoms with Crippen molar-refractivity contribution < 1.29 is 0 Å². The summed E-state index contributed by atoms with van der Waals surface area (Å²) >= 11 is -9.84. The normalized spacial score (nSPS) is 12.1. The molecule has 0 nitrogen and oxygen atoms in total. The first-order valence-corrected chi connectivity index (χ1v) is 48.0. The van der Waals surface area contributed by atoms with Crippen LogP contribution in [0, 0.1) is 0 Å². The van der Waals surface area contributed by atoms with Gasteiger partial charge in [0.2, 0.25) is 0 Å². The van der Waals surface area contributed by atoms with Crippen molar-refractivity contribution in [1.29, 1.82) is 0 Å². The molecule has 0 N–H and O–H groups in total. The minimum absolute atomic E-state index is 1.36. The number of hydrogen-bond donors (Lipinski definition) is 0. The van der Waals surface area contributed by atoms with Gasteiger partial charge in [0.1, 0.15) is 0 Å². The van der Waals surface area contributed by atoms with Gasteiger partial charge in [-0.2, -0.15) is 0 Å². The van der Waals surface area contributed by atoms with Gasteiger partial charge in [-0.1, -0.05) is 0 Å². The van der Waals surface area contributed by atoms with E-state index < -0.39 is 45.2 Å². The van der Waals surface area contributed by atoms with Gasteiger partial charge in [0.15, 0.2) is 0 Å². The third-order valence-corrected chi connectivity index (χ3v) is 131. The van der Waals surface area contributed by atoms with Crippen LogP contribution in [-0.2, 0) is 0 Å². The summed E-state index contributed by atoms with van der Waals surface area (Å²) in [6.45, 7) is 15.0. The third kappa shape index (κ3) is 7.44. The first-order chi connectivity index (χ1) is 25.5. The summed E-state index contributed by atoms with van der Waals surface area (Å²) in [6, 6.07) is 69.0. The Labute approximate surface area is 323 Å². The molecule has 6 aromatic carbocycles. The predicted octanol–water partition coefficient (Wildman–Crippen LogP) is 9.49.